The van der Waals surface area contributed by atoms with Gasteiger partial charge in [0.1, 0.15) is 5.58 Å². The molecule has 0 aliphatic rings. The summed E-state index contributed by atoms with van der Waals surface area (Å²) in [5.74, 6) is -0.0519. The quantitative estimate of drug-likeness (QED) is 0.624. The summed E-state index contributed by atoms with van der Waals surface area (Å²) in [5.41, 5.74) is 0.968. The molecule has 0 fully saturated rings. The smallest absolute Gasteiger partial charge is 0.374 e. The van der Waals surface area contributed by atoms with E-state index in [1.165, 1.54) is 21.3 Å². The van der Waals surface area contributed by atoms with Crippen molar-refractivity contribution in [3.8, 4) is 17.2 Å². The zero-order valence-corrected chi connectivity index (χ0v) is 15.6. The zero-order valence-electron chi connectivity index (χ0n) is 15.6. The summed E-state index contributed by atoms with van der Waals surface area (Å²) >= 11 is 0. The normalized spacial score (nSPS) is 10.4. The van der Waals surface area contributed by atoms with Crippen LogP contribution in [0.3, 0.4) is 0 Å². The summed E-state index contributed by atoms with van der Waals surface area (Å²) in [6.45, 7) is -0.480. The Kier molecular flexibility index (Phi) is 5.69. The Morgan fingerprint density at radius 2 is 1.64 bits per heavy atom. The highest BCUT2D eigenvalue weighted by molar-refractivity contribution is 5.96. The molecule has 1 amide bonds. The molecule has 0 radical (unpaired) electrons. The molecule has 1 heterocycles. The van der Waals surface area contributed by atoms with E-state index in [2.05, 4.69) is 5.32 Å². The maximum Gasteiger partial charge on any atom is 0.374 e. The number of esters is 1. The number of anilines is 1. The lowest BCUT2D eigenvalue weighted by Crippen LogP contribution is -2.20. The van der Waals surface area contributed by atoms with Crippen LogP contribution in [-0.2, 0) is 9.53 Å². The minimum atomic E-state index is -0.726. The Morgan fingerprint density at radius 3 is 2.25 bits per heavy atom. The number of nitrogens with one attached hydrogen (secondary N) is 1. The van der Waals surface area contributed by atoms with Crippen LogP contribution in [0.25, 0.3) is 11.0 Å². The molecule has 1 N–H and O–H groups in total. The van der Waals surface area contributed by atoms with Crippen molar-refractivity contribution in [3.63, 3.8) is 0 Å². The van der Waals surface area contributed by atoms with Gasteiger partial charge in [-0.15, -0.1) is 0 Å². The van der Waals surface area contributed by atoms with Crippen molar-refractivity contribution in [2.24, 2.45) is 0 Å². The molecule has 0 unspecified atom stereocenters. The number of carbonyl (C=O) groups is 2. The molecule has 0 atom stereocenters. The number of furan rings is 1. The van der Waals surface area contributed by atoms with Crippen molar-refractivity contribution in [2.75, 3.05) is 33.3 Å². The Hall–Kier alpha value is -3.68. The molecule has 8 heteroatoms. The van der Waals surface area contributed by atoms with Crippen molar-refractivity contribution in [1.29, 1.82) is 0 Å². The van der Waals surface area contributed by atoms with E-state index in [4.69, 9.17) is 23.4 Å². The molecule has 0 bridgehead atoms. The van der Waals surface area contributed by atoms with Gasteiger partial charge in [-0.25, -0.2) is 4.79 Å². The Labute approximate surface area is 160 Å². The molecule has 0 aliphatic carbocycles. The monoisotopic (exact) mass is 385 g/mol. The van der Waals surface area contributed by atoms with Crippen LogP contribution in [0.5, 0.6) is 17.2 Å². The molecule has 0 saturated heterocycles. The maximum atomic E-state index is 12.1. The number of ether oxygens (including phenoxy) is 4. The topological polar surface area (TPSA) is 96.2 Å². The van der Waals surface area contributed by atoms with E-state index in [0.717, 1.165) is 5.39 Å². The third-order valence-electron chi connectivity index (χ3n) is 3.91. The molecular formula is C20H19NO7. The van der Waals surface area contributed by atoms with Gasteiger partial charge in [-0.3, -0.25) is 4.79 Å². The lowest BCUT2D eigenvalue weighted by molar-refractivity contribution is -0.119. The summed E-state index contributed by atoms with van der Waals surface area (Å²) < 4.78 is 26.1. The first kappa shape index (κ1) is 19.1. The van der Waals surface area contributed by atoms with Crippen LogP contribution in [0.15, 0.2) is 46.9 Å². The second-order valence-electron chi connectivity index (χ2n) is 5.69. The van der Waals surface area contributed by atoms with Gasteiger partial charge in [0.05, 0.1) is 21.3 Å². The van der Waals surface area contributed by atoms with Gasteiger partial charge in [0, 0.05) is 23.2 Å². The molecule has 0 saturated carbocycles. The first-order valence-electron chi connectivity index (χ1n) is 8.31. The SMILES string of the molecule is COc1cc(NC(=O)COC(=O)c2cc3ccccc3o2)cc(OC)c1OC. The van der Waals surface area contributed by atoms with Gasteiger partial charge >= 0.3 is 5.97 Å². The third-order valence-corrected chi connectivity index (χ3v) is 3.91. The lowest BCUT2D eigenvalue weighted by Gasteiger charge is -2.14. The fourth-order valence-electron chi connectivity index (χ4n) is 2.64. The minimum Gasteiger partial charge on any atom is -0.493 e. The number of hydrogen-bond acceptors (Lipinski definition) is 7. The molecule has 0 spiro atoms. The largest absolute Gasteiger partial charge is 0.493 e. The summed E-state index contributed by atoms with van der Waals surface area (Å²) in [6.07, 6.45) is 0. The molecule has 8 nitrogen and oxygen atoms in total. The summed E-state index contributed by atoms with van der Waals surface area (Å²) in [4.78, 5) is 24.2. The van der Waals surface area contributed by atoms with E-state index >= 15 is 0 Å². The van der Waals surface area contributed by atoms with Crippen molar-refractivity contribution < 1.29 is 33.0 Å². The van der Waals surface area contributed by atoms with Crippen molar-refractivity contribution in [3.05, 3.63) is 48.2 Å². The van der Waals surface area contributed by atoms with Crippen molar-refractivity contribution in [1.82, 2.24) is 0 Å². The van der Waals surface area contributed by atoms with Crippen LogP contribution >= 0.6 is 0 Å². The van der Waals surface area contributed by atoms with Crippen LogP contribution < -0.4 is 19.5 Å². The second-order valence-corrected chi connectivity index (χ2v) is 5.69. The molecule has 28 heavy (non-hydrogen) atoms. The zero-order chi connectivity index (χ0) is 20.1. The number of fused-ring (bicyclic) bond motifs is 1. The predicted molar refractivity (Wildman–Crippen MR) is 101 cm³/mol. The summed E-state index contributed by atoms with van der Waals surface area (Å²) in [7, 11) is 4.42. The van der Waals surface area contributed by atoms with Crippen molar-refractivity contribution >= 4 is 28.5 Å². The van der Waals surface area contributed by atoms with Gasteiger partial charge in [-0.2, -0.15) is 0 Å². The number of benzene rings is 2. The standard InChI is InChI=1S/C20H19NO7/c1-24-15-9-13(10-16(25-2)19(15)26-3)21-18(22)11-27-20(23)17-8-12-6-4-5-7-14(12)28-17/h4-10H,11H2,1-3H3,(H,21,22). The predicted octanol–water partition coefficient (Wildman–Crippen LogP) is 3.25. The minimum absolute atomic E-state index is 0.0294. The van der Waals surface area contributed by atoms with Gasteiger partial charge in [-0.05, 0) is 12.1 Å². The second kappa shape index (κ2) is 8.34. The highest BCUT2D eigenvalue weighted by Crippen LogP contribution is 2.39. The van der Waals surface area contributed by atoms with Crippen molar-refractivity contribution in [2.45, 2.75) is 0 Å². The fourth-order valence-corrected chi connectivity index (χ4v) is 2.64. The number of rotatable bonds is 7. The average Bonchev–Trinajstić information content (AvgIpc) is 3.15. The van der Waals surface area contributed by atoms with E-state index in [-0.39, 0.29) is 5.76 Å². The highest BCUT2D eigenvalue weighted by Gasteiger charge is 2.17. The Balaban J connectivity index is 1.64. The first-order valence-corrected chi connectivity index (χ1v) is 8.31. The number of methoxy groups -OCH3 is 3. The highest BCUT2D eigenvalue weighted by atomic mass is 16.5. The molecule has 1 aromatic heterocycles. The van der Waals surface area contributed by atoms with E-state index in [9.17, 15) is 9.59 Å². The van der Waals surface area contributed by atoms with Gasteiger partial charge in [0.2, 0.25) is 11.5 Å². The van der Waals surface area contributed by atoms with Crippen LogP contribution in [0.2, 0.25) is 0 Å². The molecular weight excluding hydrogens is 366 g/mol. The number of carbonyl (C=O) groups excluding carboxylic acids is 2. The van der Waals surface area contributed by atoms with Crippen LogP contribution in [0, 0.1) is 0 Å². The van der Waals surface area contributed by atoms with E-state index in [1.54, 1.807) is 30.3 Å². The van der Waals surface area contributed by atoms with Gasteiger partial charge in [-0.1, -0.05) is 18.2 Å². The Bertz CT molecular complexity index is 951. The third kappa shape index (κ3) is 4.01. The van der Waals surface area contributed by atoms with Crippen LogP contribution in [0.4, 0.5) is 5.69 Å². The van der Waals surface area contributed by atoms with Gasteiger partial charge in [0.15, 0.2) is 18.1 Å². The number of hydrogen-bond donors (Lipinski definition) is 1. The molecule has 146 valence electrons. The number of amides is 1. The molecule has 0 aliphatic heterocycles. The summed E-state index contributed by atoms with van der Waals surface area (Å²) in [5, 5.41) is 3.39. The number of para-hydroxylation sites is 1. The van der Waals surface area contributed by atoms with Crippen LogP contribution in [-0.4, -0.2) is 39.8 Å². The van der Waals surface area contributed by atoms with Gasteiger partial charge in [0.25, 0.3) is 5.91 Å². The van der Waals surface area contributed by atoms with E-state index in [1.807, 2.05) is 12.1 Å². The van der Waals surface area contributed by atoms with E-state index < -0.39 is 18.5 Å². The lowest BCUT2D eigenvalue weighted by atomic mass is 10.2. The maximum absolute atomic E-state index is 12.1. The fraction of sp³-hybridized carbons (Fsp3) is 0.200. The molecule has 3 aromatic rings. The first-order chi connectivity index (χ1) is 13.5. The van der Waals surface area contributed by atoms with E-state index in [0.29, 0.717) is 28.5 Å². The van der Waals surface area contributed by atoms with Crippen LogP contribution in [0.1, 0.15) is 10.6 Å². The average molecular weight is 385 g/mol. The Morgan fingerprint density at radius 1 is 0.964 bits per heavy atom. The molecule has 3 rings (SSSR count). The van der Waals surface area contributed by atoms with Gasteiger partial charge < -0.3 is 28.7 Å². The summed E-state index contributed by atoms with van der Waals surface area (Å²) in [6, 6.07) is 11.9. The molecule has 2 aromatic carbocycles.